The number of hydrogen-bond donors (Lipinski definition) is 3. The van der Waals surface area contributed by atoms with Gasteiger partial charge in [-0.25, -0.2) is 0 Å². The number of amides is 1. The van der Waals surface area contributed by atoms with Crippen LogP contribution in [0.15, 0.2) is 18.2 Å². The Bertz CT molecular complexity index is 601. The first-order valence-electron chi connectivity index (χ1n) is 9.19. The normalized spacial score (nSPS) is 23.5. The van der Waals surface area contributed by atoms with Gasteiger partial charge in [0.05, 0.1) is 13.2 Å². The van der Waals surface area contributed by atoms with Crippen molar-refractivity contribution in [2.45, 2.75) is 57.2 Å². The number of phenols is 2. The van der Waals surface area contributed by atoms with Gasteiger partial charge in [0.1, 0.15) is 6.04 Å². The zero-order valence-corrected chi connectivity index (χ0v) is 14.8. The molecule has 1 saturated heterocycles. The summed E-state index contributed by atoms with van der Waals surface area (Å²) in [6.45, 7) is 3.92. The van der Waals surface area contributed by atoms with Crippen molar-refractivity contribution in [3.05, 3.63) is 23.8 Å². The first kappa shape index (κ1) is 18.0. The summed E-state index contributed by atoms with van der Waals surface area (Å²) >= 11 is 0. The fourth-order valence-electron chi connectivity index (χ4n) is 3.96. The van der Waals surface area contributed by atoms with E-state index in [4.69, 9.17) is 4.74 Å². The van der Waals surface area contributed by atoms with Crippen LogP contribution in [0.4, 0.5) is 0 Å². The van der Waals surface area contributed by atoms with Crippen LogP contribution in [0.25, 0.3) is 0 Å². The highest BCUT2D eigenvalue weighted by Crippen LogP contribution is 2.27. The summed E-state index contributed by atoms with van der Waals surface area (Å²) in [6.07, 6.45) is 5.43. The maximum Gasteiger partial charge on any atom is 0.239 e. The third-order valence-corrected chi connectivity index (χ3v) is 5.24. The van der Waals surface area contributed by atoms with E-state index in [1.165, 1.54) is 37.8 Å². The van der Waals surface area contributed by atoms with Gasteiger partial charge in [0.2, 0.25) is 5.91 Å². The molecule has 0 radical (unpaired) electrons. The molecule has 138 valence electrons. The smallest absolute Gasteiger partial charge is 0.239 e. The molecule has 1 saturated carbocycles. The van der Waals surface area contributed by atoms with Crippen LogP contribution in [0, 0.1) is 0 Å². The molecule has 1 aliphatic carbocycles. The van der Waals surface area contributed by atoms with E-state index < -0.39 is 0 Å². The molecule has 0 spiro atoms. The van der Waals surface area contributed by atoms with Crippen LogP contribution < -0.4 is 5.32 Å². The number of hydrogen-bond acceptors (Lipinski definition) is 5. The minimum Gasteiger partial charge on any atom is -0.504 e. The van der Waals surface area contributed by atoms with Gasteiger partial charge in [-0.15, -0.1) is 0 Å². The predicted molar refractivity (Wildman–Crippen MR) is 94.6 cm³/mol. The maximum atomic E-state index is 12.8. The third-order valence-electron chi connectivity index (χ3n) is 5.24. The van der Waals surface area contributed by atoms with E-state index in [1.54, 1.807) is 6.07 Å². The lowest BCUT2D eigenvalue weighted by Crippen LogP contribution is -2.57. The van der Waals surface area contributed by atoms with Gasteiger partial charge in [0, 0.05) is 18.6 Å². The summed E-state index contributed by atoms with van der Waals surface area (Å²) in [5, 5.41) is 22.1. The van der Waals surface area contributed by atoms with Gasteiger partial charge in [-0.1, -0.05) is 18.9 Å². The van der Waals surface area contributed by atoms with Gasteiger partial charge in [0.15, 0.2) is 11.5 Å². The van der Waals surface area contributed by atoms with Crippen LogP contribution in [0.5, 0.6) is 11.5 Å². The second-order valence-corrected chi connectivity index (χ2v) is 7.20. The van der Waals surface area contributed by atoms with Crippen LogP contribution in [0.2, 0.25) is 0 Å². The van der Waals surface area contributed by atoms with Gasteiger partial charge >= 0.3 is 0 Å². The number of carbonyl (C=O) groups is 1. The van der Waals surface area contributed by atoms with E-state index in [9.17, 15) is 15.0 Å². The van der Waals surface area contributed by atoms with Gasteiger partial charge in [0.25, 0.3) is 0 Å². The van der Waals surface area contributed by atoms with E-state index in [-0.39, 0.29) is 29.5 Å². The van der Waals surface area contributed by atoms with Gasteiger partial charge in [-0.05, 0) is 43.9 Å². The molecule has 3 N–H and O–H groups in total. The number of nitrogens with zero attached hydrogens (tertiary/aromatic N) is 1. The highest BCUT2D eigenvalue weighted by Gasteiger charge is 2.35. The molecule has 25 heavy (non-hydrogen) atoms. The monoisotopic (exact) mass is 348 g/mol. The molecular weight excluding hydrogens is 320 g/mol. The molecule has 1 aliphatic heterocycles. The molecule has 1 aromatic rings. The lowest BCUT2D eigenvalue weighted by Gasteiger charge is -2.39. The highest BCUT2D eigenvalue weighted by molar-refractivity contribution is 5.82. The number of phenolic OH excluding ortho intramolecular Hbond substituents is 2. The molecule has 2 fully saturated rings. The summed E-state index contributed by atoms with van der Waals surface area (Å²) in [5.41, 5.74) is 0.871. The zero-order chi connectivity index (χ0) is 17.8. The number of morpholine rings is 1. The van der Waals surface area contributed by atoms with Crippen LogP contribution in [-0.4, -0.2) is 58.9 Å². The molecule has 1 amide bonds. The van der Waals surface area contributed by atoms with E-state index in [1.807, 2.05) is 6.92 Å². The second kappa shape index (κ2) is 8.06. The van der Waals surface area contributed by atoms with Crippen LogP contribution in [0.1, 0.15) is 38.2 Å². The van der Waals surface area contributed by atoms with Crippen LogP contribution in [0.3, 0.4) is 0 Å². The van der Waals surface area contributed by atoms with Crippen molar-refractivity contribution < 1.29 is 19.7 Å². The number of nitrogens with one attached hydrogen (secondary N) is 1. The number of aromatic hydroxyl groups is 2. The summed E-state index contributed by atoms with van der Waals surface area (Å²) in [6, 6.07) is 4.98. The van der Waals surface area contributed by atoms with Crippen molar-refractivity contribution >= 4 is 5.91 Å². The lowest BCUT2D eigenvalue weighted by atomic mass is 10.0. The molecule has 3 rings (SSSR count). The van der Waals surface area contributed by atoms with Crippen molar-refractivity contribution in [3.63, 3.8) is 0 Å². The Labute approximate surface area is 148 Å². The molecule has 2 atom stereocenters. The van der Waals surface area contributed by atoms with Gasteiger partial charge in [-0.3, -0.25) is 9.69 Å². The summed E-state index contributed by atoms with van der Waals surface area (Å²) in [7, 11) is 0. The van der Waals surface area contributed by atoms with Crippen molar-refractivity contribution in [3.8, 4) is 11.5 Å². The highest BCUT2D eigenvalue weighted by atomic mass is 16.5. The summed E-state index contributed by atoms with van der Waals surface area (Å²) < 4.78 is 5.56. The van der Waals surface area contributed by atoms with E-state index in [2.05, 4.69) is 10.2 Å². The van der Waals surface area contributed by atoms with Crippen molar-refractivity contribution in [1.82, 2.24) is 10.2 Å². The fourth-order valence-corrected chi connectivity index (χ4v) is 3.96. The number of benzene rings is 1. The SMILES string of the molecule is C[C@H](Cc1ccc(O)c(O)c1)NC(=O)[C@H]1COCCN1C1CCCC1. The minimum absolute atomic E-state index is 0.0158. The average Bonchev–Trinajstić information content (AvgIpc) is 3.12. The van der Waals surface area contributed by atoms with E-state index in [0.717, 1.165) is 12.1 Å². The van der Waals surface area contributed by atoms with E-state index in [0.29, 0.717) is 25.7 Å². The third kappa shape index (κ3) is 4.44. The number of ether oxygens (including phenoxy) is 1. The van der Waals surface area contributed by atoms with E-state index >= 15 is 0 Å². The Morgan fingerprint density at radius 2 is 2.08 bits per heavy atom. The number of carbonyl (C=O) groups excluding carboxylic acids is 1. The zero-order valence-electron chi connectivity index (χ0n) is 14.8. The fraction of sp³-hybridized carbons (Fsp3) is 0.632. The Morgan fingerprint density at radius 3 is 2.80 bits per heavy atom. The van der Waals surface area contributed by atoms with Gasteiger partial charge in [-0.2, -0.15) is 0 Å². The average molecular weight is 348 g/mol. The Hall–Kier alpha value is -1.79. The van der Waals surface area contributed by atoms with Crippen molar-refractivity contribution in [1.29, 1.82) is 0 Å². The van der Waals surface area contributed by atoms with Crippen LogP contribution >= 0.6 is 0 Å². The van der Waals surface area contributed by atoms with Crippen molar-refractivity contribution in [2.75, 3.05) is 19.8 Å². The largest absolute Gasteiger partial charge is 0.504 e. The molecule has 0 unspecified atom stereocenters. The first-order valence-corrected chi connectivity index (χ1v) is 9.19. The maximum absolute atomic E-state index is 12.8. The van der Waals surface area contributed by atoms with Gasteiger partial charge < -0.3 is 20.3 Å². The topological polar surface area (TPSA) is 82.0 Å². The Kier molecular flexibility index (Phi) is 5.81. The molecule has 6 heteroatoms. The molecule has 1 aromatic carbocycles. The molecule has 0 bridgehead atoms. The molecule has 1 heterocycles. The molecule has 2 aliphatic rings. The minimum atomic E-state index is -0.215. The quantitative estimate of drug-likeness (QED) is 0.707. The number of rotatable bonds is 5. The lowest BCUT2D eigenvalue weighted by molar-refractivity contribution is -0.135. The summed E-state index contributed by atoms with van der Waals surface area (Å²) in [5.74, 6) is -0.252. The summed E-state index contributed by atoms with van der Waals surface area (Å²) in [4.78, 5) is 15.1. The Morgan fingerprint density at radius 1 is 1.32 bits per heavy atom. The second-order valence-electron chi connectivity index (χ2n) is 7.20. The molecule has 6 nitrogen and oxygen atoms in total. The molecular formula is C19H28N2O4. The molecule has 0 aromatic heterocycles. The predicted octanol–water partition coefficient (Wildman–Crippen LogP) is 1.79. The standard InChI is InChI=1S/C19H28N2O4/c1-13(10-14-6-7-17(22)18(23)11-14)20-19(24)16-12-25-9-8-21(16)15-4-2-3-5-15/h6-7,11,13,15-16,22-23H,2-5,8-10,12H2,1H3,(H,20,24)/t13-,16-/m1/s1. The first-order chi connectivity index (χ1) is 12.0. The Balaban J connectivity index is 1.58. The van der Waals surface area contributed by atoms with Crippen LogP contribution in [-0.2, 0) is 16.0 Å². The van der Waals surface area contributed by atoms with Crippen molar-refractivity contribution in [2.24, 2.45) is 0 Å².